The minimum Gasteiger partial charge on any atom is -0.397 e. The molecule has 15 heavy (non-hydrogen) atoms. The lowest BCUT2D eigenvalue weighted by Crippen LogP contribution is -2.19. The number of nitrogen functional groups attached to an aromatic ring is 1. The Hall–Kier alpha value is -0.610. The number of nitrogens with one attached hydrogen (secondary N) is 1. The lowest BCUT2D eigenvalue weighted by atomic mass is 10.3. The summed E-state index contributed by atoms with van der Waals surface area (Å²) in [7, 11) is 0. The molecule has 0 fully saturated rings. The molecule has 0 amide bonds. The molecule has 1 aromatic heterocycles. The van der Waals surface area contributed by atoms with Gasteiger partial charge in [0.2, 0.25) is 0 Å². The van der Waals surface area contributed by atoms with Crippen LogP contribution in [-0.4, -0.2) is 22.5 Å². The number of nitrogens with two attached hydrogens (primary N) is 1. The zero-order valence-electron chi connectivity index (χ0n) is 8.96. The second-order valence-corrected chi connectivity index (χ2v) is 5.03. The fourth-order valence-corrected chi connectivity index (χ4v) is 2.03. The van der Waals surface area contributed by atoms with Crippen LogP contribution in [0.25, 0.3) is 0 Å². The molecule has 0 aliphatic rings. The van der Waals surface area contributed by atoms with Crippen molar-refractivity contribution in [2.45, 2.75) is 19.9 Å². The maximum Gasteiger partial charge on any atom is 0.145 e. The van der Waals surface area contributed by atoms with Gasteiger partial charge in [-0.2, -0.15) is 11.8 Å². The Morgan fingerprint density at radius 1 is 1.67 bits per heavy atom. The predicted molar refractivity (Wildman–Crippen MR) is 69.7 cm³/mol. The Labute approximate surface area is 99.8 Å². The topological polar surface area (TPSA) is 50.9 Å². The molecule has 1 aromatic rings. The van der Waals surface area contributed by atoms with Gasteiger partial charge in [0.15, 0.2) is 0 Å². The summed E-state index contributed by atoms with van der Waals surface area (Å²) >= 11 is 7.88. The minimum atomic E-state index is 0.351. The predicted octanol–water partition coefficient (Wildman–Crippen LogP) is 2.87. The number of pyridine rings is 1. The van der Waals surface area contributed by atoms with Crippen LogP contribution in [0.3, 0.4) is 0 Å². The Balaban J connectivity index is 2.56. The Kier molecular flexibility index (Phi) is 5.05. The zero-order valence-corrected chi connectivity index (χ0v) is 10.5. The van der Waals surface area contributed by atoms with Gasteiger partial charge in [-0.05, 0) is 18.7 Å². The number of thioether (sulfide) groups is 1. The van der Waals surface area contributed by atoms with Crippen LogP contribution in [-0.2, 0) is 0 Å². The van der Waals surface area contributed by atoms with Crippen molar-refractivity contribution in [1.82, 2.24) is 4.98 Å². The number of hydrogen-bond donors (Lipinski definition) is 2. The van der Waals surface area contributed by atoms with Gasteiger partial charge >= 0.3 is 0 Å². The number of rotatable bonds is 5. The van der Waals surface area contributed by atoms with Crippen LogP contribution in [0.15, 0.2) is 12.3 Å². The molecule has 1 unspecified atom stereocenters. The third kappa shape index (κ3) is 4.18. The highest BCUT2D eigenvalue weighted by Gasteiger charge is 2.06. The van der Waals surface area contributed by atoms with E-state index in [9.17, 15) is 0 Å². The van der Waals surface area contributed by atoms with E-state index in [2.05, 4.69) is 24.1 Å². The molecule has 0 aromatic carbocycles. The number of aromatic nitrogens is 1. The van der Waals surface area contributed by atoms with Gasteiger partial charge in [-0.1, -0.05) is 18.5 Å². The van der Waals surface area contributed by atoms with Gasteiger partial charge in [-0.25, -0.2) is 4.98 Å². The molecule has 3 N–H and O–H groups in total. The highest BCUT2D eigenvalue weighted by molar-refractivity contribution is 7.99. The van der Waals surface area contributed by atoms with Crippen LogP contribution in [0, 0.1) is 0 Å². The van der Waals surface area contributed by atoms with Crippen LogP contribution in [0.2, 0.25) is 5.02 Å². The molecule has 0 aliphatic carbocycles. The SMILES string of the molecule is CCSCC(C)Nc1ncc(N)cc1Cl. The maximum absolute atomic E-state index is 6.00. The normalized spacial score (nSPS) is 12.5. The summed E-state index contributed by atoms with van der Waals surface area (Å²) < 4.78 is 0. The lowest BCUT2D eigenvalue weighted by molar-refractivity contribution is 0.902. The number of anilines is 2. The van der Waals surface area contributed by atoms with Crippen LogP contribution in [0.5, 0.6) is 0 Å². The van der Waals surface area contributed by atoms with Crippen molar-refractivity contribution in [3.63, 3.8) is 0 Å². The summed E-state index contributed by atoms with van der Waals surface area (Å²) in [6, 6.07) is 2.06. The molecule has 0 spiro atoms. The van der Waals surface area contributed by atoms with Gasteiger partial charge in [0.1, 0.15) is 5.82 Å². The Bertz CT molecular complexity index is 320. The molecule has 1 rings (SSSR count). The van der Waals surface area contributed by atoms with E-state index in [0.29, 0.717) is 22.6 Å². The summed E-state index contributed by atoms with van der Waals surface area (Å²) in [6.45, 7) is 4.25. The van der Waals surface area contributed by atoms with E-state index >= 15 is 0 Å². The van der Waals surface area contributed by atoms with Crippen molar-refractivity contribution in [3.8, 4) is 0 Å². The Morgan fingerprint density at radius 2 is 2.40 bits per heavy atom. The number of nitrogens with zero attached hydrogens (tertiary/aromatic N) is 1. The van der Waals surface area contributed by atoms with Crippen LogP contribution < -0.4 is 11.1 Å². The molecule has 3 nitrogen and oxygen atoms in total. The molecule has 0 saturated heterocycles. The number of halogens is 1. The van der Waals surface area contributed by atoms with Crippen molar-refractivity contribution < 1.29 is 0 Å². The van der Waals surface area contributed by atoms with E-state index in [1.807, 2.05) is 11.8 Å². The van der Waals surface area contributed by atoms with Gasteiger partial charge in [-0.3, -0.25) is 0 Å². The monoisotopic (exact) mass is 245 g/mol. The van der Waals surface area contributed by atoms with Crippen molar-refractivity contribution in [1.29, 1.82) is 0 Å². The van der Waals surface area contributed by atoms with Crippen molar-refractivity contribution >= 4 is 34.9 Å². The van der Waals surface area contributed by atoms with Gasteiger partial charge in [0, 0.05) is 11.8 Å². The maximum atomic E-state index is 6.00. The molecule has 0 aliphatic heterocycles. The second-order valence-electron chi connectivity index (χ2n) is 3.30. The standard InChI is InChI=1S/C10H16ClN3S/c1-3-15-6-7(2)14-10-9(11)4-8(12)5-13-10/h4-5,7H,3,6,12H2,1-2H3,(H,13,14). The van der Waals surface area contributed by atoms with E-state index in [-0.39, 0.29) is 0 Å². The second kappa shape index (κ2) is 6.08. The molecule has 0 saturated carbocycles. The first-order chi connectivity index (χ1) is 7.13. The highest BCUT2D eigenvalue weighted by Crippen LogP contribution is 2.22. The van der Waals surface area contributed by atoms with Crippen molar-refractivity contribution in [2.24, 2.45) is 0 Å². The van der Waals surface area contributed by atoms with Crippen LogP contribution >= 0.6 is 23.4 Å². The minimum absolute atomic E-state index is 0.351. The van der Waals surface area contributed by atoms with Gasteiger partial charge in [0.05, 0.1) is 16.9 Å². The van der Waals surface area contributed by atoms with Gasteiger partial charge in [-0.15, -0.1) is 0 Å². The van der Waals surface area contributed by atoms with Gasteiger partial charge in [0.25, 0.3) is 0 Å². The molecular formula is C10H16ClN3S. The van der Waals surface area contributed by atoms with E-state index in [0.717, 1.165) is 11.5 Å². The molecule has 1 atom stereocenters. The third-order valence-corrected chi connectivity index (χ3v) is 3.25. The third-order valence-electron chi connectivity index (χ3n) is 1.82. The van der Waals surface area contributed by atoms with Crippen LogP contribution in [0.1, 0.15) is 13.8 Å². The largest absolute Gasteiger partial charge is 0.397 e. The van der Waals surface area contributed by atoms with E-state index < -0.39 is 0 Å². The van der Waals surface area contributed by atoms with Crippen LogP contribution in [0.4, 0.5) is 11.5 Å². The first-order valence-electron chi connectivity index (χ1n) is 4.88. The fraction of sp³-hybridized carbons (Fsp3) is 0.500. The molecular weight excluding hydrogens is 230 g/mol. The van der Waals surface area contributed by atoms with E-state index in [1.165, 1.54) is 0 Å². The van der Waals surface area contributed by atoms with E-state index in [1.54, 1.807) is 12.3 Å². The highest BCUT2D eigenvalue weighted by atomic mass is 35.5. The molecule has 1 heterocycles. The molecule has 84 valence electrons. The number of hydrogen-bond acceptors (Lipinski definition) is 4. The summed E-state index contributed by atoms with van der Waals surface area (Å²) in [6.07, 6.45) is 1.61. The Morgan fingerprint density at radius 3 is 3.00 bits per heavy atom. The zero-order chi connectivity index (χ0) is 11.3. The average Bonchev–Trinajstić information content (AvgIpc) is 2.19. The summed E-state index contributed by atoms with van der Waals surface area (Å²) in [5.74, 6) is 2.86. The van der Waals surface area contributed by atoms with E-state index in [4.69, 9.17) is 17.3 Å². The molecule has 0 bridgehead atoms. The summed E-state index contributed by atoms with van der Waals surface area (Å²) in [5, 5.41) is 3.83. The smallest absolute Gasteiger partial charge is 0.145 e. The first-order valence-corrected chi connectivity index (χ1v) is 6.42. The molecule has 5 heteroatoms. The van der Waals surface area contributed by atoms with Gasteiger partial charge < -0.3 is 11.1 Å². The average molecular weight is 246 g/mol. The summed E-state index contributed by atoms with van der Waals surface area (Å²) in [5.41, 5.74) is 6.14. The first kappa shape index (κ1) is 12.5. The van der Waals surface area contributed by atoms with Crippen molar-refractivity contribution in [3.05, 3.63) is 17.3 Å². The quantitative estimate of drug-likeness (QED) is 0.838. The summed E-state index contributed by atoms with van der Waals surface area (Å²) in [4.78, 5) is 4.15. The van der Waals surface area contributed by atoms with Crippen molar-refractivity contribution in [2.75, 3.05) is 22.6 Å². The molecule has 0 radical (unpaired) electrons. The lowest BCUT2D eigenvalue weighted by Gasteiger charge is -2.14. The fourth-order valence-electron chi connectivity index (χ4n) is 1.13.